The summed E-state index contributed by atoms with van der Waals surface area (Å²) in [6.45, 7) is 6.29. The third-order valence-corrected chi connectivity index (χ3v) is 6.62. The van der Waals surface area contributed by atoms with E-state index in [0.717, 1.165) is 27.9 Å². The summed E-state index contributed by atoms with van der Waals surface area (Å²) in [7, 11) is 1.99. The molecule has 1 saturated carbocycles. The highest BCUT2D eigenvalue weighted by Crippen LogP contribution is 2.39. The molecule has 0 aliphatic heterocycles. The van der Waals surface area contributed by atoms with E-state index in [1.54, 1.807) is 0 Å². The highest BCUT2D eigenvalue weighted by molar-refractivity contribution is 7.99. The van der Waals surface area contributed by atoms with Gasteiger partial charge < -0.3 is 9.13 Å². The third-order valence-electron chi connectivity index (χ3n) is 5.60. The SMILES string of the molecule is Cc1cc(C(=O)CSc2nnc(C3CC3)n2C)c(C)n1[C@@H](C)c1ccccc1. The molecule has 0 bridgehead atoms. The summed E-state index contributed by atoms with van der Waals surface area (Å²) >= 11 is 1.48. The van der Waals surface area contributed by atoms with Crippen molar-refractivity contribution in [3.05, 3.63) is 64.7 Å². The van der Waals surface area contributed by atoms with Gasteiger partial charge in [0.25, 0.3) is 0 Å². The molecule has 0 amide bonds. The van der Waals surface area contributed by atoms with E-state index in [9.17, 15) is 4.79 Å². The molecule has 1 aliphatic rings. The van der Waals surface area contributed by atoms with Crippen LogP contribution < -0.4 is 0 Å². The molecule has 1 aliphatic carbocycles. The van der Waals surface area contributed by atoms with Gasteiger partial charge in [-0.2, -0.15) is 0 Å². The molecule has 2 heterocycles. The number of aryl methyl sites for hydroxylation is 1. The highest BCUT2D eigenvalue weighted by atomic mass is 32.2. The van der Waals surface area contributed by atoms with E-state index in [4.69, 9.17) is 0 Å². The van der Waals surface area contributed by atoms with Crippen molar-refractivity contribution in [1.82, 2.24) is 19.3 Å². The van der Waals surface area contributed by atoms with Crippen molar-refractivity contribution in [2.45, 2.75) is 50.7 Å². The molecule has 4 rings (SSSR count). The molecule has 0 radical (unpaired) electrons. The summed E-state index contributed by atoms with van der Waals surface area (Å²) in [6.07, 6.45) is 2.39. The fourth-order valence-corrected chi connectivity index (χ4v) is 4.69. The van der Waals surface area contributed by atoms with Crippen LogP contribution in [0.15, 0.2) is 41.6 Å². The van der Waals surface area contributed by atoms with Gasteiger partial charge in [-0.1, -0.05) is 42.1 Å². The van der Waals surface area contributed by atoms with Crippen LogP contribution in [-0.4, -0.2) is 30.9 Å². The van der Waals surface area contributed by atoms with Crippen LogP contribution in [0.3, 0.4) is 0 Å². The molecule has 6 heteroatoms. The van der Waals surface area contributed by atoms with Gasteiger partial charge in [0.15, 0.2) is 10.9 Å². The van der Waals surface area contributed by atoms with Gasteiger partial charge in [0, 0.05) is 29.9 Å². The van der Waals surface area contributed by atoms with Gasteiger partial charge in [0.2, 0.25) is 0 Å². The fraction of sp³-hybridized carbons (Fsp3) is 0.409. The summed E-state index contributed by atoms with van der Waals surface area (Å²) in [5.41, 5.74) is 4.18. The van der Waals surface area contributed by atoms with Gasteiger partial charge >= 0.3 is 0 Å². The van der Waals surface area contributed by atoms with E-state index in [-0.39, 0.29) is 11.8 Å². The molecule has 146 valence electrons. The van der Waals surface area contributed by atoms with Crippen LogP contribution in [-0.2, 0) is 7.05 Å². The lowest BCUT2D eigenvalue weighted by molar-refractivity contribution is 0.102. The van der Waals surface area contributed by atoms with Gasteiger partial charge in [0.1, 0.15) is 5.82 Å². The summed E-state index contributed by atoms with van der Waals surface area (Å²) < 4.78 is 4.29. The molecule has 0 unspecified atom stereocenters. The Morgan fingerprint density at radius 2 is 1.93 bits per heavy atom. The monoisotopic (exact) mass is 394 g/mol. The first-order valence-electron chi connectivity index (χ1n) is 9.76. The molecule has 5 nitrogen and oxygen atoms in total. The van der Waals surface area contributed by atoms with Crippen LogP contribution in [0.5, 0.6) is 0 Å². The Hall–Kier alpha value is -2.34. The lowest BCUT2D eigenvalue weighted by Crippen LogP contribution is -2.12. The van der Waals surface area contributed by atoms with E-state index < -0.39 is 0 Å². The van der Waals surface area contributed by atoms with Crippen molar-refractivity contribution >= 4 is 17.5 Å². The molecule has 1 aromatic carbocycles. The van der Waals surface area contributed by atoms with Crippen LogP contribution in [0.4, 0.5) is 0 Å². The van der Waals surface area contributed by atoms with E-state index in [1.165, 1.54) is 30.2 Å². The number of ketones is 1. The van der Waals surface area contributed by atoms with Crippen molar-refractivity contribution in [2.75, 3.05) is 5.75 Å². The average molecular weight is 395 g/mol. The molecule has 28 heavy (non-hydrogen) atoms. The molecule has 2 aromatic heterocycles. The van der Waals surface area contributed by atoms with Gasteiger partial charge in [-0.25, -0.2) is 0 Å². The summed E-state index contributed by atoms with van der Waals surface area (Å²) in [4.78, 5) is 12.9. The van der Waals surface area contributed by atoms with Crippen LogP contribution >= 0.6 is 11.8 Å². The Kier molecular flexibility index (Phi) is 5.15. The van der Waals surface area contributed by atoms with E-state index in [1.807, 2.05) is 30.7 Å². The van der Waals surface area contributed by atoms with Gasteiger partial charge in [0.05, 0.1) is 11.8 Å². The van der Waals surface area contributed by atoms with Gasteiger partial charge in [-0.3, -0.25) is 4.79 Å². The molecule has 0 saturated heterocycles. The van der Waals surface area contributed by atoms with E-state index in [2.05, 4.69) is 52.9 Å². The van der Waals surface area contributed by atoms with Crippen molar-refractivity contribution in [3.8, 4) is 0 Å². The molecule has 0 N–H and O–H groups in total. The van der Waals surface area contributed by atoms with E-state index in [0.29, 0.717) is 11.7 Å². The highest BCUT2D eigenvalue weighted by Gasteiger charge is 2.29. The standard InChI is InChI=1S/C22H26N4OS/c1-14-12-19(16(3)26(14)15(2)17-8-6-5-7-9-17)20(27)13-28-22-24-23-21(25(22)4)18-10-11-18/h5-9,12,15,18H,10-11,13H2,1-4H3/t15-/m0/s1. The lowest BCUT2D eigenvalue weighted by atomic mass is 10.1. The maximum Gasteiger partial charge on any atom is 0.191 e. The van der Waals surface area contributed by atoms with Gasteiger partial charge in [-0.05, 0) is 45.2 Å². The predicted molar refractivity (Wildman–Crippen MR) is 112 cm³/mol. The first kappa shape index (κ1) is 19.0. The topological polar surface area (TPSA) is 52.7 Å². The van der Waals surface area contributed by atoms with Crippen LogP contribution in [0.1, 0.15) is 64.9 Å². The Bertz CT molecular complexity index is 1000. The number of aromatic nitrogens is 4. The second-order valence-electron chi connectivity index (χ2n) is 7.63. The van der Waals surface area contributed by atoms with Crippen molar-refractivity contribution in [1.29, 1.82) is 0 Å². The number of thioether (sulfide) groups is 1. The Morgan fingerprint density at radius 3 is 2.61 bits per heavy atom. The number of nitrogens with zero attached hydrogens (tertiary/aromatic N) is 4. The second-order valence-corrected chi connectivity index (χ2v) is 8.57. The largest absolute Gasteiger partial charge is 0.341 e. The van der Waals surface area contributed by atoms with Crippen LogP contribution in [0.25, 0.3) is 0 Å². The maximum atomic E-state index is 12.9. The summed E-state index contributed by atoms with van der Waals surface area (Å²) in [6, 6.07) is 12.6. The number of Topliss-reactive ketones (excluding diaryl/α,β-unsaturated/α-hetero) is 1. The molecular weight excluding hydrogens is 368 g/mol. The molecule has 0 spiro atoms. The first-order chi connectivity index (χ1) is 13.5. The third kappa shape index (κ3) is 3.53. The molecule has 3 aromatic rings. The Balaban J connectivity index is 1.50. The van der Waals surface area contributed by atoms with Crippen LogP contribution in [0, 0.1) is 13.8 Å². The smallest absolute Gasteiger partial charge is 0.191 e. The zero-order chi connectivity index (χ0) is 19.8. The number of hydrogen-bond donors (Lipinski definition) is 0. The minimum absolute atomic E-state index is 0.139. The number of benzene rings is 1. The van der Waals surface area contributed by atoms with Crippen molar-refractivity contribution in [3.63, 3.8) is 0 Å². The number of carbonyl (C=O) groups excluding carboxylic acids is 1. The second kappa shape index (κ2) is 7.59. The predicted octanol–water partition coefficient (Wildman–Crippen LogP) is 4.70. The molecule has 1 atom stereocenters. The quantitative estimate of drug-likeness (QED) is 0.431. The van der Waals surface area contributed by atoms with E-state index >= 15 is 0 Å². The van der Waals surface area contributed by atoms with Crippen molar-refractivity contribution in [2.24, 2.45) is 7.05 Å². The number of hydrogen-bond acceptors (Lipinski definition) is 4. The summed E-state index contributed by atoms with van der Waals surface area (Å²) in [5, 5.41) is 9.39. The molecular formula is C22H26N4OS. The first-order valence-corrected chi connectivity index (χ1v) is 10.7. The zero-order valence-corrected chi connectivity index (χ0v) is 17.7. The Morgan fingerprint density at radius 1 is 1.21 bits per heavy atom. The summed E-state index contributed by atoms with van der Waals surface area (Å²) in [5.74, 6) is 2.12. The Labute approximate surface area is 170 Å². The normalized spacial score (nSPS) is 15.0. The van der Waals surface area contributed by atoms with Crippen molar-refractivity contribution < 1.29 is 4.79 Å². The average Bonchev–Trinajstić information content (AvgIpc) is 3.41. The zero-order valence-electron chi connectivity index (χ0n) is 16.8. The fourth-order valence-electron chi connectivity index (χ4n) is 3.89. The number of rotatable bonds is 7. The minimum atomic E-state index is 0.139. The lowest BCUT2D eigenvalue weighted by Gasteiger charge is -2.19. The minimum Gasteiger partial charge on any atom is -0.341 e. The number of carbonyl (C=O) groups is 1. The molecule has 1 fully saturated rings. The van der Waals surface area contributed by atoms with Crippen LogP contribution in [0.2, 0.25) is 0 Å². The van der Waals surface area contributed by atoms with Gasteiger partial charge in [-0.15, -0.1) is 10.2 Å². The maximum absolute atomic E-state index is 12.9.